The summed E-state index contributed by atoms with van der Waals surface area (Å²) in [6.45, 7) is 6.37. The fourth-order valence-electron chi connectivity index (χ4n) is 0.973. The number of aryl methyl sites for hydroxylation is 1. The lowest BCUT2D eigenvalue weighted by Gasteiger charge is -2.12. The topological polar surface area (TPSA) is 24.9 Å². The van der Waals surface area contributed by atoms with Crippen LogP contribution in [0.4, 0.5) is 5.82 Å². The van der Waals surface area contributed by atoms with Gasteiger partial charge < -0.3 is 5.32 Å². The minimum Gasteiger partial charge on any atom is -0.368 e. The Labute approximate surface area is 87.9 Å². The predicted octanol–water partition coefficient (Wildman–Crippen LogP) is 3.36. The molecule has 0 radical (unpaired) electrons. The zero-order valence-electron chi connectivity index (χ0n) is 8.26. The van der Waals surface area contributed by atoms with E-state index < -0.39 is 0 Å². The van der Waals surface area contributed by atoms with Gasteiger partial charge in [0.25, 0.3) is 0 Å². The van der Waals surface area contributed by atoms with Gasteiger partial charge in [0.1, 0.15) is 5.82 Å². The van der Waals surface area contributed by atoms with Crippen LogP contribution in [0.2, 0.25) is 0 Å². The molecule has 0 amide bonds. The summed E-state index contributed by atoms with van der Waals surface area (Å²) in [6.07, 6.45) is 2.94. The van der Waals surface area contributed by atoms with Gasteiger partial charge in [0, 0.05) is 16.7 Å². The van der Waals surface area contributed by atoms with Gasteiger partial charge in [-0.25, -0.2) is 4.98 Å². The fourth-order valence-corrected chi connectivity index (χ4v) is 1.19. The van der Waals surface area contributed by atoms with Crippen molar-refractivity contribution in [2.75, 3.05) is 5.32 Å². The van der Waals surface area contributed by atoms with Crippen molar-refractivity contribution < 1.29 is 0 Å². The summed E-state index contributed by atoms with van der Waals surface area (Å²) in [6, 6.07) is 2.53. The molecule has 3 heteroatoms. The van der Waals surface area contributed by atoms with E-state index in [4.69, 9.17) is 0 Å². The summed E-state index contributed by atoms with van der Waals surface area (Å²) in [5.74, 6) is 0.954. The molecule has 1 N–H and O–H groups in total. The van der Waals surface area contributed by atoms with E-state index in [1.54, 1.807) is 0 Å². The fraction of sp³-hybridized carbons (Fsp3) is 0.500. The van der Waals surface area contributed by atoms with E-state index >= 15 is 0 Å². The van der Waals surface area contributed by atoms with E-state index in [0.29, 0.717) is 6.04 Å². The number of nitrogens with zero attached hydrogens (tertiary/aromatic N) is 1. The van der Waals surface area contributed by atoms with E-state index in [2.05, 4.69) is 53.1 Å². The van der Waals surface area contributed by atoms with E-state index in [0.717, 1.165) is 16.7 Å². The first-order valence-corrected chi connectivity index (χ1v) is 5.31. The first-order chi connectivity index (χ1) is 6.13. The molecule has 0 bridgehead atoms. The van der Waals surface area contributed by atoms with Crippen LogP contribution in [0.25, 0.3) is 0 Å². The average molecular weight is 243 g/mol. The van der Waals surface area contributed by atoms with Crippen molar-refractivity contribution in [2.24, 2.45) is 0 Å². The van der Waals surface area contributed by atoms with E-state index in [1.165, 1.54) is 5.56 Å². The smallest absolute Gasteiger partial charge is 0.126 e. The number of halogens is 1. The standard InChI is InChI=1S/C10H15BrN2/c1-4-8(3)13-10-5-7(2)9(11)6-12-10/h5-6,8H,4H2,1-3H3,(H,12,13)/t8-/m1/s1. The molecule has 72 valence electrons. The van der Waals surface area contributed by atoms with Gasteiger partial charge >= 0.3 is 0 Å². The van der Waals surface area contributed by atoms with Gasteiger partial charge in [-0.2, -0.15) is 0 Å². The Morgan fingerprint density at radius 3 is 2.85 bits per heavy atom. The molecule has 0 saturated carbocycles. The number of hydrogen-bond donors (Lipinski definition) is 1. The number of rotatable bonds is 3. The Hall–Kier alpha value is -0.570. The molecule has 2 nitrogen and oxygen atoms in total. The molecule has 1 rings (SSSR count). The minimum absolute atomic E-state index is 0.480. The quantitative estimate of drug-likeness (QED) is 0.880. The lowest BCUT2D eigenvalue weighted by atomic mass is 10.2. The third kappa shape index (κ3) is 2.99. The Balaban J connectivity index is 2.73. The van der Waals surface area contributed by atoms with Crippen molar-refractivity contribution in [2.45, 2.75) is 33.2 Å². The molecule has 0 saturated heterocycles. The molecular formula is C10H15BrN2. The molecule has 0 fully saturated rings. The highest BCUT2D eigenvalue weighted by atomic mass is 79.9. The summed E-state index contributed by atoms with van der Waals surface area (Å²) in [5.41, 5.74) is 1.21. The largest absolute Gasteiger partial charge is 0.368 e. The van der Waals surface area contributed by atoms with Crippen LogP contribution >= 0.6 is 15.9 Å². The molecule has 0 aliphatic carbocycles. The Bertz CT molecular complexity index is 286. The predicted molar refractivity (Wildman–Crippen MR) is 60.0 cm³/mol. The average Bonchev–Trinajstić information content (AvgIpc) is 2.11. The number of nitrogens with one attached hydrogen (secondary N) is 1. The van der Waals surface area contributed by atoms with Crippen LogP contribution in [0.5, 0.6) is 0 Å². The lowest BCUT2D eigenvalue weighted by molar-refractivity contribution is 0.759. The van der Waals surface area contributed by atoms with Crippen LogP contribution in [0.1, 0.15) is 25.8 Å². The second kappa shape index (κ2) is 4.61. The first kappa shape index (κ1) is 10.5. The molecule has 1 atom stereocenters. The maximum Gasteiger partial charge on any atom is 0.126 e. The number of pyridine rings is 1. The van der Waals surface area contributed by atoms with Gasteiger partial charge in [-0.15, -0.1) is 0 Å². The van der Waals surface area contributed by atoms with Crippen molar-refractivity contribution in [1.82, 2.24) is 4.98 Å². The molecule has 0 aliphatic heterocycles. The lowest BCUT2D eigenvalue weighted by Crippen LogP contribution is -2.14. The van der Waals surface area contributed by atoms with Crippen molar-refractivity contribution in [3.05, 3.63) is 22.3 Å². The molecule has 1 aromatic heterocycles. The zero-order valence-corrected chi connectivity index (χ0v) is 9.85. The summed E-state index contributed by atoms with van der Waals surface area (Å²) in [5, 5.41) is 3.33. The first-order valence-electron chi connectivity index (χ1n) is 4.52. The van der Waals surface area contributed by atoms with E-state index in [1.807, 2.05) is 6.20 Å². The van der Waals surface area contributed by atoms with E-state index in [9.17, 15) is 0 Å². The molecule has 1 heterocycles. The highest BCUT2D eigenvalue weighted by molar-refractivity contribution is 9.10. The Morgan fingerprint density at radius 1 is 1.62 bits per heavy atom. The van der Waals surface area contributed by atoms with Gasteiger partial charge in [0.05, 0.1) is 0 Å². The van der Waals surface area contributed by atoms with Crippen LogP contribution in [-0.2, 0) is 0 Å². The zero-order chi connectivity index (χ0) is 9.84. The van der Waals surface area contributed by atoms with Crippen LogP contribution in [0.3, 0.4) is 0 Å². The normalized spacial score (nSPS) is 12.6. The molecule has 0 aromatic carbocycles. The van der Waals surface area contributed by atoms with Crippen molar-refractivity contribution >= 4 is 21.7 Å². The summed E-state index contributed by atoms with van der Waals surface area (Å²) < 4.78 is 1.06. The molecule has 0 aliphatic rings. The molecule has 0 unspecified atom stereocenters. The Kier molecular flexibility index (Phi) is 3.72. The summed E-state index contributed by atoms with van der Waals surface area (Å²) >= 11 is 3.42. The Morgan fingerprint density at radius 2 is 2.31 bits per heavy atom. The summed E-state index contributed by atoms with van der Waals surface area (Å²) in [4.78, 5) is 4.27. The minimum atomic E-state index is 0.480. The van der Waals surface area contributed by atoms with Gasteiger partial charge in [0.15, 0.2) is 0 Å². The van der Waals surface area contributed by atoms with Gasteiger partial charge in [0.2, 0.25) is 0 Å². The van der Waals surface area contributed by atoms with Crippen LogP contribution in [-0.4, -0.2) is 11.0 Å². The van der Waals surface area contributed by atoms with Crippen molar-refractivity contribution in [1.29, 1.82) is 0 Å². The van der Waals surface area contributed by atoms with Crippen molar-refractivity contribution in [3.63, 3.8) is 0 Å². The number of anilines is 1. The maximum atomic E-state index is 4.27. The number of aromatic nitrogens is 1. The molecule has 13 heavy (non-hydrogen) atoms. The third-order valence-electron chi connectivity index (χ3n) is 2.05. The van der Waals surface area contributed by atoms with Gasteiger partial charge in [-0.3, -0.25) is 0 Å². The van der Waals surface area contributed by atoms with E-state index in [-0.39, 0.29) is 0 Å². The van der Waals surface area contributed by atoms with Gasteiger partial charge in [-0.05, 0) is 47.8 Å². The summed E-state index contributed by atoms with van der Waals surface area (Å²) in [7, 11) is 0. The number of hydrogen-bond acceptors (Lipinski definition) is 2. The molecular weight excluding hydrogens is 228 g/mol. The highest BCUT2D eigenvalue weighted by Gasteiger charge is 2.01. The van der Waals surface area contributed by atoms with Crippen molar-refractivity contribution in [3.8, 4) is 0 Å². The maximum absolute atomic E-state index is 4.27. The molecule has 1 aromatic rings. The van der Waals surface area contributed by atoms with Crippen LogP contribution in [0.15, 0.2) is 16.7 Å². The van der Waals surface area contributed by atoms with Crippen LogP contribution < -0.4 is 5.32 Å². The SMILES string of the molecule is CC[C@@H](C)Nc1cc(C)c(Br)cn1. The second-order valence-corrected chi connectivity index (χ2v) is 4.13. The third-order valence-corrected chi connectivity index (χ3v) is 2.88. The monoisotopic (exact) mass is 242 g/mol. The van der Waals surface area contributed by atoms with Gasteiger partial charge in [-0.1, -0.05) is 6.92 Å². The second-order valence-electron chi connectivity index (χ2n) is 3.27. The van der Waals surface area contributed by atoms with Crippen LogP contribution in [0, 0.1) is 6.92 Å². The molecule has 0 spiro atoms. The highest BCUT2D eigenvalue weighted by Crippen LogP contribution is 2.17.